The van der Waals surface area contributed by atoms with E-state index in [-0.39, 0.29) is 0 Å². The number of aliphatic hydroxyl groups is 1. The van der Waals surface area contributed by atoms with Crippen molar-refractivity contribution in [3.63, 3.8) is 0 Å². The average Bonchev–Trinajstić information content (AvgIpc) is 1.94. The minimum Gasteiger partial charge on any atom is -0.400 e. The predicted molar refractivity (Wildman–Crippen MR) is 39.6 cm³/mol. The van der Waals surface area contributed by atoms with Crippen molar-refractivity contribution in [2.75, 3.05) is 21.2 Å². The highest BCUT2D eigenvalue weighted by Crippen LogP contribution is 1.52. The van der Waals surface area contributed by atoms with Crippen LogP contribution in [0.15, 0.2) is 0 Å². The van der Waals surface area contributed by atoms with E-state index in [1.165, 1.54) is 11.8 Å². The van der Waals surface area contributed by atoms with E-state index in [9.17, 15) is 4.79 Å². The summed E-state index contributed by atoms with van der Waals surface area (Å²) in [5.41, 5.74) is 0. The van der Waals surface area contributed by atoms with Gasteiger partial charge in [-0.25, -0.2) is 0 Å². The minimum absolute atomic E-state index is 0.750. The van der Waals surface area contributed by atoms with E-state index in [2.05, 4.69) is 0 Å². The Morgan fingerprint density at radius 2 is 1.30 bits per heavy atom. The SMILES string of the molecule is CC=O.CN(C)C=O.CO. The minimum atomic E-state index is 0.750. The predicted octanol–water partition coefficient (Wildman–Crippen LogP) is -0.482. The van der Waals surface area contributed by atoms with Gasteiger partial charge < -0.3 is 14.8 Å². The molecule has 10 heavy (non-hydrogen) atoms. The normalized spacial score (nSPS) is 5.30. The summed E-state index contributed by atoms with van der Waals surface area (Å²) in [5.74, 6) is 0. The molecule has 62 valence electrons. The van der Waals surface area contributed by atoms with Crippen LogP contribution in [-0.4, -0.2) is 43.9 Å². The van der Waals surface area contributed by atoms with E-state index >= 15 is 0 Å². The Hall–Kier alpha value is -0.900. The van der Waals surface area contributed by atoms with Gasteiger partial charge in [0.15, 0.2) is 0 Å². The summed E-state index contributed by atoms with van der Waals surface area (Å²) < 4.78 is 0. The molecule has 0 rings (SSSR count). The smallest absolute Gasteiger partial charge is 0.209 e. The molecule has 0 unspecified atom stereocenters. The second-order valence-electron chi connectivity index (χ2n) is 1.30. The first-order valence-electron chi connectivity index (χ1n) is 2.65. The van der Waals surface area contributed by atoms with Crippen LogP contribution in [0.2, 0.25) is 0 Å². The fourth-order valence-corrected chi connectivity index (χ4v) is 0. The van der Waals surface area contributed by atoms with Gasteiger partial charge in [-0.1, -0.05) is 0 Å². The molecule has 0 fully saturated rings. The zero-order valence-electron chi connectivity index (χ0n) is 6.87. The number of amides is 1. The first kappa shape index (κ1) is 16.0. The van der Waals surface area contributed by atoms with Crippen LogP contribution in [0.25, 0.3) is 0 Å². The lowest BCUT2D eigenvalue weighted by Gasteiger charge is -1.93. The maximum Gasteiger partial charge on any atom is 0.209 e. The highest BCUT2D eigenvalue weighted by atomic mass is 16.2. The Bertz CT molecular complexity index is 64.0. The van der Waals surface area contributed by atoms with Crippen molar-refractivity contribution in [2.24, 2.45) is 0 Å². The second-order valence-corrected chi connectivity index (χ2v) is 1.30. The number of hydrogen-bond acceptors (Lipinski definition) is 3. The molecule has 4 heteroatoms. The summed E-state index contributed by atoms with van der Waals surface area (Å²) in [4.78, 5) is 19.7. The Morgan fingerprint density at radius 1 is 1.20 bits per heavy atom. The van der Waals surface area contributed by atoms with Gasteiger partial charge in [-0.2, -0.15) is 0 Å². The molecule has 0 aliphatic rings. The van der Waals surface area contributed by atoms with Gasteiger partial charge in [0.25, 0.3) is 0 Å². The largest absolute Gasteiger partial charge is 0.400 e. The summed E-state index contributed by atoms with van der Waals surface area (Å²) in [7, 11) is 4.38. The standard InChI is InChI=1S/C3H7NO.C2H4O.CH4O/c1-4(2)3-5;1-2-3;1-2/h3H,1-2H3;2H,1H3;2H,1H3. The van der Waals surface area contributed by atoms with E-state index in [1.54, 1.807) is 14.1 Å². The topological polar surface area (TPSA) is 57.6 Å². The molecule has 0 aliphatic carbocycles. The highest BCUT2D eigenvalue weighted by Gasteiger charge is 1.68. The molecule has 0 aromatic rings. The highest BCUT2D eigenvalue weighted by molar-refractivity contribution is 5.45. The molecule has 0 saturated carbocycles. The maximum atomic E-state index is 9.43. The van der Waals surface area contributed by atoms with Crippen molar-refractivity contribution in [1.29, 1.82) is 0 Å². The molecule has 1 amide bonds. The van der Waals surface area contributed by atoms with Crippen LogP contribution in [0, 0.1) is 0 Å². The van der Waals surface area contributed by atoms with Gasteiger partial charge in [-0.3, -0.25) is 4.79 Å². The quantitative estimate of drug-likeness (QED) is 0.512. The van der Waals surface area contributed by atoms with Gasteiger partial charge >= 0.3 is 0 Å². The Labute approximate surface area is 61.5 Å². The Balaban J connectivity index is -0.0000000847. The first-order chi connectivity index (χ1) is 4.68. The van der Waals surface area contributed by atoms with Crippen molar-refractivity contribution in [1.82, 2.24) is 4.90 Å². The van der Waals surface area contributed by atoms with E-state index in [1.807, 2.05) is 0 Å². The van der Waals surface area contributed by atoms with E-state index in [0.717, 1.165) is 19.8 Å². The van der Waals surface area contributed by atoms with Gasteiger partial charge in [-0.05, 0) is 6.92 Å². The monoisotopic (exact) mass is 149 g/mol. The molecular formula is C6H15NO3. The lowest BCUT2D eigenvalue weighted by molar-refractivity contribution is -0.116. The molecule has 0 bridgehead atoms. The van der Waals surface area contributed by atoms with Crippen LogP contribution in [0.4, 0.5) is 0 Å². The molecule has 0 aromatic heterocycles. The summed E-state index contributed by atoms with van der Waals surface area (Å²) in [6, 6.07) is 0. The zero-order chi connectivity index (χ0) is 8.99. The molecule has 4 nitrogen and oxygen atoms in total. The molecule has 0 aromatic carbocycles. The lowest BCUT2D eigenvalue weighted by atomic mass is 11.0. The molecule has 0 aliphatic heterocycles. The molecule has 0 atom stereocenters. The van der Waals surface area contributed by atoms with E-state index in [4.69, 9.17) is 9.90 Å². The lowest BCUT2D eigenvalue weighted by Crippen LogP contribution is -2.06. The fraction of sp³-hybridized carbons (Fsp3) is 0.667. The van der Waals surface area contributed by atoms with Crippen LogP contribution >= 0.6 is 0 Å². The van der Waals surface area contributed by atoms with Crippen LogP contribution in [0.3, 0.4) is 0 Å². The molecule has 0 spiro atoms. The number of carbonyl (C=O) groups excluding carboxylic acids is 2. The van der Waals surface area contributed by atoms with Gasteiger partial charge in [-0.15, -0.1) is 0 Å². The molecule has 0 saturated heterocycles. The zero-order valence-corrected chi connectivity index (χ0v) is 6.87. The van der Waals surface area contributed by atoms with Gasteiger partial charge in [0.2, 0.25) is 6.41 Å². The number of rotatable bonds is 1. The third-order valence-electron chi connectivity index (χ3n) is 0.211. The van der Waals surface area contributed by atoms with Crippen molar-refractivity contribution in [3.05, 3.63) is 0 Å². The third kappa shape index (κ3) is 218. The van der Waals surface area contributed by atoms with Gasteiger partial charge in [0.05, 0.1) is 0 Å². The van der Waals surface area contributed by atoms with E-state index < -0.39 is 0 Å². The molecular weight excluding hydrogens is 134 g/mol. The summed E-state index contributed by atoms with van der Waals surface area (Å²) in [6.45, 7) is 1.44. The summed E-state index contributed by atoms with van der Waals surface area (Å²) in [5, 5.41) is 7.00. The third-order valence-corrected chi connectivity index (χ3v) is 0.211. The fourth-order valence-electron chi connectivity index (χ4n) is 0. The number of hydrogen-bond donors (Lipinski definition) is 1. The van der Waals surface area contributed by atoms with Crippen LogP contribution < -0.4 is 0 Å². The van der Waals surface area contributed by atoms with Crippen LogP contribution in [-0.2, 0) is 9.59 Å². The van der Waals surface area contributed by atoms with Crippen molar-refractivity contribution < 1.29 is 14.7 Å². The summed E-state index contributed by atoms with van der Waals surface area (Å²) in [6.07, 6.45) is 1.50. The number of aliphatic hydroxyl groups excluding tert-OH is 1. The molecule has 1 N–H and O–H groups in total. The second kappa shape index (κ2) is 24.3. The van der Waals surface area contributed by atoms with Gasteiger partial charge in [0.1, 0.15) is 6.29 Å². The number of carbonyl (C=O) groups is 2. The number of nitrogens with zero attached hydrogens (tertiary/aromatic N) is 1. The Morgan fingerprint density at radius 3 is 1.30 bits per heavy atom. The number of aldehydes is 1. The van der Waals surface area contributed by atoms with Crippen molar-refractivity contribution >= 4 is 12.7 Å². The maximum absolute atomic E-state index is 9.43. The van der Waals surface area contributed by atoms with Crippen molar-refractivity contribution in [3.8, 4) is 0 Å². The van der Waals surface area contributed by atoms with E-state index in [0.29, 0.717) is 0 Å². The molecule has 0 radical (unpaired) electrons. The average molecular weight is 149 g/mol. The first-order valence-corrected chi connectivity index (χ1v) is 2.65. The van der Waals surface area contributed by atoms with Crippen LogP contribution in [0.5, 0.6) is 0 Å². The van der Waals surface area contributed by atoms with Crippen molar-refractivity contribution in [2.45, 2.75) is 6.92 Å². The Kier molecular flexibility index (Phi) is 39.0. The molecule has 0 heterocycles. The van der Waals surface area contributed by atoms with Crippen LogP contribution in [0.1, 0.15) is 6.92 Å². The van der Waals surface area contributed by atoms with Gasteiger partial charge in [0, 0.05) is 21.2 Å². The summed E-state index contributed by atoms with van der Waals surface area (Å²) >= 11 is 0.